The fraction of sp³-hybridized carbons (Fsp3) is 0.364. The summed E-state index contributed by atoms with van der Waals surface area (Å²) in [6.45, 7) is 2.93. The Kier molecular flexibility index (Phi) is 3.81. The molecule has 8 nitrogen and oxygen atoms in total. The van der Waals surface area contributed by atoms with Gasteiger partial charge in [0.15, 0.2) is 5.69 Å². The number of nitrogens with two attached hydrogens (primary N) is 1. The Balaban J connectivity index is 2.03. The predicted molar refractivity (Wildman–Crippen MR) is 69.8 cm³/mol. The van der Waals surface area contributed by atoms with Crippen LogP contribution in [-0.2, 0) is 11.3 Å². The van der Waals surface area contributed by atoms with Crippen molar-refractivity contribution in [3.05, 3.63) is 23.8 Å². The van der Waals surface area contributed by atoms with Crippen LogP contribution in [0.5, 0.6) is 0 Å². The highest BCUT2D eigenvalue weighted by molar-refractivity contribution is 6.06. The standard InChI is InChI=1S/C11H16N6O2/c1-7-9(12)10(16-15-7)11(18)14-8-5-13-17(6-8)3-4-19-2/h5-6H,3-4,12H2,1-2H3,(H,14,18)(H,15,16). The van der Waals surface area contributed by atoms with Crippen molar-refractivity contribution in [3.63, 3.8) is 0 Å². The number of carbonyl (C=O) groups is 1. The number of nitrogens with one attached hydrogen (secondary N) is 2. The molecule has 0 aromatic carbocycles. The molecule has 102 valence electrons. The second-order valence-corrected chi connectivity index (χ2v) is 4.05. The fourth-order valence-corrected chi connectivity index (χ4v) is 1.54. The van der Waals surface area contributed by atoms with E-state index in [0.717, 1.165) is 0 Å². The summed E-state index contributed by atoms with van der Waals surface area (Å²) in [6, 6.07) is 0. The number of carbonyl (C=O) groups excluding carboxylic acids is 1. The summed E-state index contributed by atoms with van der Waals surface area (Å²) >= 11 is 0. The quantitative estimate of drug-likeness (QED) is 0.723. The minimum Gasteiger partial charge on any atom is -0.395 e. The minimum atomic E-state index is -0.367. The Morgan fingerprint density at radius 1 is 1.63 bits per heavy atom. The van der Waals surface area contributed by atoms with E-state index in [1.165, 1.54) is 0 Å². The summed E-state index contributed by atoms with van der Waals surface area (Å²) in [4.78, 5) is 11.9. The Hall–Kier alpha value is -2.35. The third kappa shape index (κ3) is 2.91. The molecule has 0 aliphatic rings. The van der Waals surface area contributed by atoms with E-state index in [0.29, 0.717) is 30.2 Å². The maximum atomic E-state index is 11.9. The third-order valence-corrected chi connectivity index (χ3v) is 2.63. The molecule has 8 heteroatoms. The first-order valence-electron chi connectivity index (χ1n) is 5.75. The molecule has 1 amide bonds. The molecular weight excluding hydrogens is 248 g/mol. The van der Waals surface area contributed by atoms with Gasteiger partial charge in [-0.3, -0.25) is 14.6 Å². The number of hydrogen-bond acceptors (Lipinski definition) is 5. The maximum Gasteiger partial charge on any atom is 0.278 e. The van der Waals surface area contributed by atoms with Crippen LogP contribution >= 0.6 is 0 Å². The lowest BCUT2D eigenvalue weighted by molar-refractivity contribution is 0.102. The molecule has 0 bridgehead atoms. The molecular formula is C11H16N6O2. The molecule has 2 heterocycles. The van der Waals surface area contributed by atoms with E-state index in [4.69, 9.17) is 10.5 Å². The van der Waals surface area contributed by atoms with Gasteiger partial charge < -0.3 is 15.8 Å². The predicted octanol–water partition coefficient (Wildman–Crippen LogP) is 0.396. The summed E-state index contributed by atoms with van der Waals surface area (Å²) in [6.07, 6.45) is 3.27. The van der Waals surface area contributed by atoms with E-state index in [2.05, 4.69) is 20.6 Å². The number of nitrogens with zero attached hydrogens (tertiary/aromatic N) is 3. The first-order valence-corrected chi connectivity index (χ1v) is 5.75. The minimum absolute atomic E-state index is 0.183. The molecule has 0 radical (unpaired) electrons. The highest BCUT2D eigenvalue weighted by Crippen LogP contribution is 2.14. The van der Waals surface area contributed by atoms with E-state index in [1.807, 2.05) is 0 Å². The van der Waals surface area contributed by atoms with Crippen molar-refractivity contribution in [3.8, 4) is 0 Å². The normalized spacial score (nSPS) is 10.6. The summed E-state index contributed by atoms with van der Waals surface area (Å²) < 4.78 is 6.62. The molecule has 0 aliphatic heterocycles. The largest absolute Gasteiger partial charge is 0.395 e. The Morgan fingerprint density at radius 3 is 3.05 bits per heavy atom. The number of ether oxygens (including phenoxy) is 1. The van der Waals surface area contributed by atoms with Crippen LogP contribution in [0.3, 0.4) is 0 Å². The number of nitrogen functional groups attached to an aromatic ring is 1. The van der Waals surface area contributed by atoms with Crippen molar-refractivity contribution < 1.29 is 9.53 Å². The number of aromatic nitrogens is 4. The van der Waals surface area contributed by atoms with Gasteiger partial charge in [-0.25, -0.2) is 0 Å². The van der Waals surface area contributed by atoms with E-state index >= 15 is 0 Å². The van der Waals surface area contributed by atoms with Gasteiger partial charge in [-0.1, -0.05) is 0 Å². The summed E-state index contributed by atoms with van der Waals surface area (Å²) in [5.74, 6) is -0.367. The lowest BCUT2D eigenvalue weighted by atomic mass is 10.3. The lowest BCUT2D eigenvalue weighted by Crippen LogP contribution is -2.14. The molecule has 0 spiro atoms. The molecule has 0 unspecified atom stereocenters. The van der Waals surface area contributed by atoms with Crippen LogP contribution < -0.4 is 11.1 Å². The first-order chi connectivity index (χ1) is 9.11. The SMILES string of the molecule is COCCn1cc(NC(=O)c2n[nH]c(C)c2N)cn1. The van der Waals surface area contributed by atoms with Gasteiger partial charge >= 0.3 is 0 Å². The number of rotatable bonds is 5. The fourth-order valence-electron chi connectivity index (χ4n) is 1.54. The molecule has 0 saturated heterocycles. The number of H-pyrrole nitrogens is 1. The van der Waals surface area contributed by atoms with E-state index in [1.54, 1.807) is 31.1 Å². The molecule has 0 aliphatic carbocycles. The average molecular weight is 264 g/mol. The summed E-state index contributed by atoms with van der Waals surface area (Å²) in [7, 11) is 1.62. The van der Waals surface area contributed by atoms with Crippen LogP contribution in [0.1, 0.15) is 16.2 Å². The van der Waals surface area contributed by atoms with Gasteiger partial charge in [0.25, 0.3) is 5.91 Å². The topological polar surface area (TPSA) is 111 Å². The van der Waals surface area contributed by atoms with Crippen LogP contribution in [-0.4, -0.2) is 39.6 Å². The molecule has 4 N–H and O–H groups in total. The lowest BCUT2D eigenvalue weighted by Gasteiger charge is -2.00. The zero-order valence-corrected chi connectivity index (χ0v) is 10.8. The second kappa shape index (κ2) is 5.53. The van der Waals surface area contributed by atoms with Crippen molar-refractivity contribution in [1.82, 2.24) is 20.0 Å². The van der Waals surface area contributed by atoms with E-state index in [9.17, 15) is 4.79 Å². The van der Waals surface area contributed by atoms with Crippen molar-refractivity contribution in [2.75, 3.05) is 24.8 Å². The molecule has 0 atom stereocenters. The monoisotopic (exact) mass is 264 g/mol. The molecule has 19 heavy (non-hydrogen) atoms. The van der Waals surface area contributed by atoms with Crippen LogP contribution in [0.25, 0.3) is 0 Å². The van der Waals surface area contributed by atoms with Crippen LogP contribution in [0.15, 0.2) is 12.4 Å². The van der Waals surface area contributed by atoms with Crippen LogP contribution in [0.4, 0.5) is 11.4 Å². The van der Waals surface area contributed by atoms with Gasteiger partial charge in [-0.2, -0.15) is 10.2 Å². The van der Waals surface area contributed by atoms with Crippen molar-refractivity contribution >= 4 is 17.3 Å². The van der Waals surface area contributed by atoms with Gasteiger partial charge in [0.2, 0.25) is 0 Å². The summed E-state index contributed by atoms with van der Waals surface area (Å²) in [5.41, 5.74) is 7.52. The van der Waals surface area contributed by atoms with Gasteiger partial charge in [-0.15, -0.1) is 0 Å². The molecule has 2 aromatic heterocycles. The van der Waals surface area contributed by atoms with Crippen LogP contribution in [0, 0.1) is 6.92 Å². The highest BCUT2D eigenvalue weighted by atomic mass is 16.5. The van der Waals surface area contributed by atoms with E-state index in [-0.39, 0.29) is 11.6 Å². The van der Waals surface area contributed by atoms with E-state index < -0.39 is 0 Å². The Morgan fingerprint density at radius 2 is 2.42 bits per heavy atom. The molecule has 2 rings (SSSR count). The zero-order valence-electron chi connectivity index (χ0n) is 10.8. The maximum absolute atomic E-state index is 11.9. The van der Waals surface area contributed by atoms with Gasteiger partial charge in [-0.05, 0) is 6.92 Å². The highest BCUT2D eigenvalue weighted by Gasteiger charge is 2.15. The van der Waals surface area contributed by atoms with Gasteiger partial charge in [0.05, 0.1) is 36.4 Å². The summed E-state index contributed by atoms with van der Waals surface area (Å²) in [5, 5.41) is 13.3. The first kappa shape index (κ1) is 13.1. The van der Waals surface area contributed by atoms with Gasteiger partial charge in [0, 0.05) is 13.3 Å². The average Bonchev–Trinajstić information content (AvgIpc) is 2.95. The Labute approximate surface area is 109 Å². The smallest absolute Gasteiger partial charge is 0.278 e. The number of anilines is 2. The molecule has 0 saturated carbocycles. The van der Waals surface area contributed by atoms with Gasteiger partial charge in [0.1, 0.15) is 0 Å². The number of hydrogen-bond donors (Lipinski definition) is 3. The second-order valence-electron chi connectivity index (χ2n) is 4.05. The number of aryl methyl sites for hydroxylation is 1. The number of aromatic amines is 1. The third-order valence-electron chi connectivity index (χ3n) is 2.63. The van der Waals surface area contributed by atoms with Crippen molar-refractivity contribution in [2.24, 2.45) is 0 Å². The molecule has 0 fully saturated rings. The zero-order chi connectivity index (χ0) is 13.8. The number of amides is 1. The Bertz CT molecular complexity index is 574. The molecule has 2 aromatic rings. The van der Waals surface area contributed by atoms with Crippen molar-refractivity contribution in [2.45, 2.75) is 13.5 Å². The van der Waals surface area contributed by atoms with Crippen molar-refractivity contribution in [1.29, 1.82) is 0 Å². The van der Waals surface area contributed by atoms with Crippen LogP contribution in [0.2, 0.25) is 0 Å². The number of methoxy groups -OCH3 is 1.